The number of fused-ring (bicyclic) bond motifs is 1. The van der Waals surface area contributed by atoms with Crippen molar-refractivity contribution in [3.05, 3.63) is 142 Å². The third kappa shape index (κ3) is 5.33. The summed E-state index contributed by atoms with van der Waals surface area (Å²) in [5.41, 5.74) is 2.84. The Kier molecular flexibility index (Phi) is 7.66. The van der Waals surface area contributed by atoms with Gasteiger partial charge in [0.05, 0.1) is 22.9 Å². The molecule has 204 valence electrons. The van der Waals surface area contributed by atoms with Crippen molar-refractivity contribution in [3.63, 3.8) is 0 Å². The number of anilines is 1. The Morgan fingerprint density at radius 2 is 1.48 bits per heavy atom. The predicted octanol–water partition coefficient (Wildman–Crippen LogP) is 5.81. The number of para-hydroxylation sites is 1. The normalized spacial score (nSPS) is 18.5. The van der Waals surface area contributed by atoms with Gasteiger partial charge in [0.25, 0.3) is 10.0 Å². The predicted molar refractivity (Wildman–Crippen MR) is 151 cm³/mol. The fourth-order valence-electron chi connectivity index (χ4n) is 5.25. The number of carbonyl (C=O) groups is 1. The monoisotopic (exact) mass is 556 g/mol. The molecule has 0 saturated heterocycles. The van der Waals surface area contributed by atoms with Gasteiger partial charge in [-0.25, -0.2) is 8.42 Å². The second-order valence-electron chi connectivity index (χ2n) is 9.76. The maximum atomic E-state index is 14.2. The molecule has 0 spiro atoms. The molecule has 0 aliphatic carbocycles. The highest BCUT2D eigenvalue weighted by Crippen LogP contribution is 2.49. The number of hydrogen-bond acceptors (Lipinski definition) is 6. The molecule has 0 radical (unpaired) electrons. The molecule has 0 bridgehead atoms. The van der Waals surface area contributed by atoms with Crippen LogP contribution in [0.25, 0.3) is 0 Å². The number of rotatable bonds is 8. The van der Waals surface area contributed by atoms with Crippen LogP contribution in [0.5, 0.6) is 0 Å². The van der Waals surface area contributed by atoms with Crippen molar-refractivity contribution in [1.29, 1.82) is 0 Å². The van der Waals surface area contributed by atoms with E-state index in [1.165, 1.54) is 12.1 Å². The summed E-state index contributed by atoms with van der Waals surface area (Å²) in [4.78, 5) is 25.4. The molecule has 0 N–H and O–H groups in total. The van der Waals surface area contributed by atoms with Crippen LogP contribution in [0.2, 0.25) is 0 Å². The summed E-state index contributed by atoms with van der Waals surface area (Å²) in [5, 5.41) is 12.8. The molecule has 5 rings (SSSR count). The van der Waals surface area contributed by atoms with Gasteiger partial charge in [-0.05, 0) is 41.8 Å². The summed E-state index contributed by atoms with van der Waals surface area (Å²) < 4.78 is 35.1. The summed E-state index contributed by atoms with van der Waals surface area (Å²) in [6.07, 6.45) is -0.281. The van der Waals surface area contributed by atoms with Crippen LogP contribution in [0.15, 0.2) is 114 Å². The number of esters is 1. The van der Waals surface area contributed by atoms with Gasteiger partial charge in [0.15, 0.2) is 0 Å². The topological polar surface area (TPSA) is 107 Å². The van der Waals surface area contributed by atoms with E-state index in [9.17, 15) is 23.3 Å². The lowest BCUT2D eigenvalue weighted by Crippen LogP contribution is -2.50. The van der Waals surface area contributed by atoms with Crippen LogP contribution in [-0.2, 0) is 26.2 Å². The molecule has 1 aliphatic rings. The lowest BCUT2D eigenvalue weighted by Gasteiger charge is -2.42. The van der Waals surface area contributed by atoms with E-state index in [-0.39, 0.29) is 17.9 Å². The van der Waals surface area contributed by atoms with Crippen LogP contribution in [0.3, 0.4) is 0 Å². The summed E-state index contributed by atoms with van der Waals surface area (Å²) in [5.74, 6) is -1.53. The molecule has 3 atom stereocenters. The summed E-state index contributed by atoms with van der Waals surface area (Å²) >= 11 is 0. The number of benzene rings is 4. The van der Waals surface area contributed by atoms with Crippen molar-refractivity contribution in [2.24, 2.45) is 0 Å². The van der Waals surface area contributed by atoms with Crippen LogP contribution in [0, 0.1) is 17.0 Å². The number of nitrogens with zero attached hydrogens (tertiary/aromatic N) is 2. The van der Waals surface area contributed by atoms with Gasteiger partial charge in [-0.3, -0.25) is 19.2 Å². The zero-order valence-corrected chi connectivity index (χ0v) is 22.6. The van der Waals surface area contributed by atoms with E-state index in [1.807, 2.05) is 37.3 Å². The van der Waals surface area contributed by atoms with Crippen LogP contribution >= 0.6 is 0 Å². The Labute approximate surface area is 233 Å². The molecule has 4 aromatic carbocycles. The third-order valence-electron chi connectivity index (χ3n) is 7.15. The summed E-state index contributed by atoms with van der Waals surface area (Å²) in [6.45, 7) is 1.89. The molecule has 1 aliphatic heterocycles. The minimum absolute atomic E-state index is 0.0247. The maximum absolute atomic E-state index is 14.2. The molecule has 40 heavy (non-hydrogen) atoms. The minimum atomic E-state index is -4.24. The molecule has 0 saturated carbocycles. The van der Waals surface area contributed by atoms with E-state index >= 15 is 0 Å². The van der Waals surface area contributed by atoms with Gasteiger partial charge >= 0.3 is 5.97 Å². The molecule has 0 aromatic heterocycles. The quantitative estimate of drug-likeness (QED) is 0.154. The zero-order valence-electron chi connectivity index (χ0n) is 21.8. The van der Waals surface area contributed by atoms with E-state index in [4.69, 9.17) is 4.74 Å². The molecule has 0 fully saturated rings. The Bertz CT molecular complexity index is 1610. The molecule has 9 heteroatoms. The standard InChI is InChI=1S/C31H28N2O6S/c1-22-16-18-25(19-17-22)40(37,38)32-28-15-9-8-14-26(28)27(20-29(34)39-21-23-10-4-2-5-11-23)31(33(35)36)30(32)24-12-6-3-7-13-24/h2-19,27,30-31H,20-21H2,1H3/t27-,30-,31+/m1/s1. The Hall–Kier alpha value is -4.50. The van der Waals surface area contributed by atoms with Crippen molar-refractivity contribution >= 4 is 21.7 Å². The highest BCUT2D eigenvalue weighted by molar-refractivity contribution is 7.92. The summed E-state index contributed by atoms with van der Waals surface area (Å²) in [6, 6.07) is 28.1. The highest BCUT2D eigenvalue weighted by Gasteiger charge is 2.53. The lowest BCUT2D eigenvalue weighted by atomic mass is 9.78. The van der Waals surface area contributed by atoms with Gasteiger partial charge < -0.3 is 4.74 Å². The van der Waals surface area contributed by atoms with Crippen LogP contribution < -0.4 is 4.31 Å². The minimum Gasteiger partial charge on any atom is -0.461 e. The van der Waals surface area contributed by atoms with Gasteiger partial charge in [0.1, 0.15) is 12.6 Å². The van der Waals surface area contributed by atoms with Crippen LogP contribution in [0.1, 0.15) is 40.6 Å². The molecular formula is C31H28N2O6S. The second-order valence-corrected chi connectivity index (χ2v) is 11.6. The Morgan fingerprint density at radius 3 is 2.12 bits per heavy atom. The average Bonchev–Trinajstić information content (AvgIpc) is 2.96. The van der Waals surface area contributed by atoms with Crippen molar-refractivity contribution in [2.75, 3.05) is 4.31 Å². The van der Waals surface area contributed by atoms with Gasteiger partial charge in [-0.2, -0.15) is 0 Å². The summed E-state index contributed by atoms with van der Waals surface area (Å²) in [7, 11) is -4.24. The van der Waals surface area contributed by atoms with E-state index in [0.717, 1.165) is 15.4 Å². The van der Waals surface area contributed by atoms with E-state index < -0.39 is 38.9 Å². The van der Waals surface area contributed by atoms with Crippen LogP contribution in [0.4, 0.5) is 5.69 Å². The van der Waals surface area contributed by atoms with E-state index in [0.29, 0.717) is 16.8 Å². The second kappa shape index (κ2) is 11.3. The molecular weight excluding hydrogens is 528 g/mol. The fourth-order valence-corrected chi connectivity index (χ4v) is 6.93. The van der Waals surface area contributed by atoms with Gasteiger partial charge in [-0.1, -0.05) is 96.6 Å². The highest BCUT2D eigenvalue weighted by atomic mass is 32.2. The smallest absolute Gasteiger partial charge is 0.307 e. The number of carbonyl (C=O) groups excluding carboxylic acids is 1. The number of ether oxygens (including phenoxy) is 1. The fraction of sp³-hybridized carbons (Fsp3) is 0.194. The lowest BCUT2D eigenvalue weighted by molar-refractivity contribution is -0.531. The zero-order chi connectivity index (χ0) is 28.3. The molecule has 0 unspecified atom stereocenters. The average molecular weight is 557 g/mol. The first kappa shape index (κ1) is 27.1. The molecule has 0 amide bonds. The number of aryl methyl sites for hydroxylation is 1. The van der Waals surface area contributed by atoms with E-state index in [2.05, 4.69) is 0 Å². The first-order valence-corrected chi connectivity index (χ1v) is 14.3. The van der Waals surface area contributed by atoms with Crippen molar-refractivity contribution in [1.82, 2.24) is 0 Å². The Balaban J connectivity index is 1.62. The van der Waals surface area contributed by atoms with Crippen molar-refractivity contribution in [2.45, 2.75) is 42.8 Å². The number of nitro groups is 1. The SMILES string of the molecule is Cc1ccc(S(=O)(=O)N2c3ccccc3[C@@H](CC(=O)OCc3ccccc3)[C@H]([N+](=O)[O-])[C@H]2c2ccccc2)cc1. The van der Waals surface area contributed by atoms with Gasteiger partial charge in [-0.15, -0.1) is 0 Å². The largest absolute Gasteiger partial charge is 0.461 e. The van der Waals surface area contributed by atoms with Crippen molar-refractivity contribution < 1.29 is 22.9 Å². The van der Waals surface area contributed by atoms with Crippen LogP contribution in [-0.4, -0.2) is 25.4 Å². The Morgan fingerprint density at radius 1 is 0.875 bits per heavy atom. The number of hydrogen-bond donors (Lipinski definition) is 0. The number of sulfonamides is 1. The maximum Gasteiger partial charge on any atom is 0.307 e. The van der Waals surface area contributed by atoms with Gasteiger partial charge in [0, 0.05) is 4.92 Å². The first-order chi connectivity index (χ1) is 19.3. The van der Waals surface area contributed by atoms with E-state index in [1.54, 1.807) is 66.7 Å². The first-order valence-electron chi connectivity index (χ1n) is 12.9. The molecule has 1 heterocycles. The molecule has 4 aromatic rings. The third-order valence-corrected chi connectivity index (χ3v) is 8.96. The van der Waals surface area contributed by atoms with Crippen molar-refractivity contribution in [3.8, 4) is 0 Å². The van der Waals surface area contributed by atoms with Gasteiger partial charge in [0.2, 0.25) is 6.04 Å². The molecule has 8 nitrogen and oxygen atoms in total.